The van der Waals surface area contributed by atoms with Gasteiger partial charge in [-0.05, 0) is 38.1 Å². The predicted octanol–water partition coefficient (Wildman–Crippen LogP) is 2.48. The average Bonchev–Trinajstić information content (AvgIpc) is 2.50. The number of methoxy groups -OCH3 is 1. The molecule has 2 N–H and O–H groups in total. The van der Waals surface area contributed by atoms with Gasteiger partial charge in [0.25, 0.3) is 0 Å². The standard InChI is InChI=1S/C18H38N4O/c1-15-10-7-8-12-22(15)13-9-11-20-17(19-5)21-14-16(23-6)18(2,3)4/h15-16H,7-14H2,1-6H3,(H2,19,20,21). The van der Waals surface area contributed by atoms with Crippen molar-refractivity contribution in [3.8, 4) is 0 Å². The summed E-state index contributed by atoms with van der Waals surface area (Å²) in [6.07, 6.45) is 5.41. The van der Waals surface area contributed by atoms with Crippen LogP contribution in [0.2, 0.25) is 0 Å². The number of nitrogens with one attached hydrogen (secondary N) is 2. The second-order valence-corrected chi connectivity index (χ2v) is 7.70. The summed E-state index contributed by atoms with van der Waals surface area (Å²) in [5.41, 5.74) is 0.116. The van der Waals surface area contributed by atoms with E-state index in [9.17, 15) is 0 Å². The van der Waals surface area contributed by atoms with E-state index < -0.39 is 0 Å². The summed E-state index contributed by atoms with van der Waals surface area (Å²) < 4.78 is 5.57. The minimum absolute atomic E-state index is 0.116. The van der Waals surface area contributed by atoms with E-state index in [-0.39, 0.29) is 11.5 Å². The molecule has 0 radical (unpaired) electrons. The maximum absolute atomic E-state index is 5.57. The second-order valence-electron chi connectivity index (χ2n) is 7.70. The first-order valence-corrected chi connectivity index (χ1v) is 9.10. The number of likely N-dealkylation sites (tertiary alicyclic amines) is 1. The summed E-state index contributed by atoms with van der Waals surface area (Å²) >= 11 is 0. The molecular weight excluding hydrogens is 288 g/mol. The molecule has 5 nitrogen and oxygen atoms in total. The van der Waals surface area contributed by atoms with Crippen LogP contribution in [-0.2, 0) is 4.74 Å². The molecule has 5 heteroatoms. The van der Waals surface area contributed by atoms with Crippen LogP contribution in [0.4, 0.5) is 0 Å². The van der Waals surface area contributed by atoms with E-state index >= 15 is 0 Å². The summed E-state index contributed by atoms with van der Waals surface area (Å²) in [6, 6.07) is 0.746. The molecule has 1 saturated heterocycles. The van der Waals surface area contributed by atoms with Crippen molar-refractivity contribution < 1.29 is 4.74 Å². The SMILES string of the molecule is CN=C(NCCCN1CCCCC1C)NCC(OC)C(C)(C)C. The van der Waals surface area contributed by atoms with Crippen LogP contribution in [0.25, 0.3) is 0 Å². The average molecular weight is 327 g/mol. The van der Waals surface area contributed by atoms with Crippen molar-refractivity contribution in [1.29, 1.82) is 0 Å². The van der Waals surface area contributed by atoms with Crippen molar-refractivity contribution in [2.45, 2.75) is 65.5 Å². The molecule has 0 spiro atoms. The maximum atomic E-state index is 5.57. The first-order valence-electron chi connectivity index (χ1n) is 9.10. The van der Waals surface area contributed by atoms with Crippen molar-refractivity contribution in [1.82, 2.24) is 15.5 Å². The van der Waals surface area contributed by atoms with E-state index in [1.807, 2.05) is 7.05 Å². The van der Waals surface area contributed by atoms with E-state index in [4.69, 9.17) is 4.74 Å². The molecule has 0 bridgehead atoms. The Kier molecular flexibility index (Phi) is 8.92. The Hall–Kier alpha value is -0.810. The summed E-state index contributed by atoms with van der Waals surface area (Å²) in [6.45, 7) is 13.1. The highest BCUT2D eigenvalue weighted by Crippen LogP contribution is 2.20. The molecule has 2 atom stereocenters. The molecule has 0 aromatic carbocycles. The maximum Gasteiger partial charge on any atom is 0.191 e. The van der Waals surface area contributed by atoms with E-state index in [1.165, 1.54) is 32.4 Å². The number of piperidine rings is 1. The molecule has 0 aliphatic carbocycles. The summed E-state index contributed by atoms with van der Waals surface area (Å²) in [7, 11) is 3.59. The van der Waals surface area contributed by atoms with Gasteiger partial charge in [-0.1, -0.05) is 27.2 Å². The lowest BCUT2D eigenvalue weighted by atomic mass is 9.89. The third-order valence-electron chi connectivity index (χ3n) is 4.78. The molecule has 1 fully saturated rings. The normalized spacial score (nSPS) is 22.0. The van der Waals surface area contributed by atoms with Gasteiger partial charge < -0.3 is 20.3 Å². The van der Waals surface area contributed by atoms with Crippen LogP contribution >= 0.6 is 0 Å². The largest absolute Gasteiger partial charge is 0.379 e. The van der Waals surface area contributed by atoms with Gasteiger partial charge in [0.05, 0.1) is 6.10 Å². The van der Waals surface area contributed by atoms with Gasteiger partial charge in [-0.3, -0.25) is 4.99 Å². The van der Waals surface area contributed by atoms with Gasteiger partial charge >= 0.3 is 0 Å². The van der Waals surface area contributed by atoms with Crippen molar-refractivity contribution in [2.75, 3.05) is 40.3 Å². The number of aliphatic imine (C=N–C) groups is 1. The zero-order chi connectivity index (χ0) is 17.3. The summed E-state index contributed by atoms with van der Waals surface area (Å²) in [5, 5.41) is 6.79. The van der Waals surface area contributed by atoms with Gasteiger partial charge in [0, 0.05) is 39.8 Å². The number of hydrogen-bond donors (Lipinski definition) is 2. The monoisotopic (exact) mass is 326 g/mol. The van der Waals surface area contributed by atoms with Gasteiger partial charge in [-0.25, -0.2) is 0 Å². The molecule has 0 aromatic rings. The van der Waals surface area contributed by atoms with Crippen LogP contribution < -0.4 is 10.6 Å². The van der Waals surface area contributed by atoms with Crippen molar-refractivity contribution in [3.05, 3.63) is 0 Å². The smallest absolute Gasteiger partial charge is 0.191 e. The lowest BCUT2D eigenvalue weighted by Crippen LogP contribution is -2.46. The third kappa shape index (κ3) is 7.53. The molecule has 0 saturated carbocycles. The molecule has 1 aliphatic heterocycles. The second kappa shape index (κ2) is 10.1. The summed E-state index contributed by atoms with van der Waals surface area (Å²) in [4.78, 5) is 6.91. The van der Waals surface area contributed by atoms with Crippen molar-refractivity contribution in [2.24, 2.45) is 10.4 Å². The molecule has 23 heavy (non-hydrogen) atoms. The number of rotatable bonds is 7. The van der Waals surface area contributed by atoms with E-state index in [0.717, 1.165) is 31.5 Å². The molecular formula is C18H38N4O. The fraction of sp³-hybridized carbons (Fsp3) is 0.944. The highest BCUT2D eigenvalue weighted by atomic mass is 16.5. The Morgan fingerprint density at radius 3 is 2.61 bits per heavy atom. The van der Waals surface area contributed by atoms with Crippen LogP contribution in [0.1, 0.15) is 53.4 Å². The number of nitrogens with zero attached hydrogens (tertiary/aromatic N) is 2. The first-order chi connectivity index (χ1) is 10.9. The van der Waals surface area contributed by atoms with E-state index in [2.05, 4.69) is 48.2 Å². The van der Waals surface area contributed by atoms with Gasteiger partial charge in [-0.15, -0.1) is 0 Å². The Balaban J connectivity index is 2.23. The Morgan fingerprint density at radius 1 is 1.30 bits per heavy atom. The first kappa shape index (κ1) is 20.2. The lowest BCUT2D eigenvalue weighted by molar-refractivity contribution is 0.0205. The Morgan fingerprint density at radius 2 is 2.04 bits per heavy atom. The molecule has 1 rings (SSSR count). The number of ether oxygens (including phenoxy) is 1. The van der Waals surface area contributed by atoms with Gasteiger partial charge in [0.1, 0.15) is 0 Å². The van der Waals surface area contributed by atoms with Crippen molar-refractivity contribution >= 4 is 5.96 Å². The number of guanidine groups is 1. The molecule has 0 amide bonds. The van der Waals surface area contributed by atoms with Gasteiger partial charge in [0.2, 0.25) is 0 Å². The van der Waals surface area contributed by atoms with E-state index in [0.29, 0.717) is 0 Å². The van der Waals surface area contributed by atoms with Crippen LogP contribution in [0.15, 0.2) is 4.99 Å². The Labute approximate surface area is 143 Å². The Bertz CT molecular complexity index is 351. The molecule has 2 unspecified atom stereocenters. The summed E-state index contributed by atoms with van der Waals surface area (Å²) in [5.74, 6) is 0.864. The quantitative estimate of drug-likeness (QED) is 0.429. The fourth-order valence-electron chi connectivity index (χ4n) is 3.13. The molecule has 1 heterocycles. The topological polar surface area (TPSA) is 48.9 Å². The van der Waals surface area contributed by atoms with Gasteiger partial charge in [0.15, 0.2) is 5.96 Å². The zero-order valence-corrected chi connectivity index (χ0v) is 16.1. The minimum Gasteiger partial charge on any atom is -0.379 e. The van der Waals surface area contributed by atoms with Crippen LogP contribution in [0.3, 0.4) is 0 Å². The van der Waals surface area contributed by atoms with Crippen molar-refractivity contribution in [3.63, 3.8) is 0 Å². The molecule has 136 valence electrons. The van der Waals surface area contributed by atoms with Gasteiger partial charge in [-0.2, -0.15) is 0 Å². The van der Waals surface area contributed by atoms with E-state index in [1.54, 1.807) is 7.11 Å². The molecule has 0 aromatic heterocycles. The zero-order valence-electron chi connectivity index (χ0n) is 16.1. The fourth-order valence-corrected chi connectivity index (χ4v) is 3.13. The highest BCUT2D eigenvalue weighted by Gasteiger charge is 2.24. The van der Waals surface area contributed by atoms with Crippen LogP contribution in [-0.4, -0.2) is 63.3 Å². The molecule has 1 aliphatic rings. The third-order valence-corrected chi connectivity index (χ3v) is 4.78. The van der Waals surface area contributed by atoms with Crippen LogP contribution in [0, 0.1) is 5.41 Å². The minimum atomic E-state index is 0.116. The van der Waals surface area contributed by atoms with Crippen LogP contribution in [0.5, 0.6) is 0 Å². The number of hydrogen-bond acceptors (Lipinski definition) is 3. The lowest BCUT2D eigenvalue weighted by Gasteiger charge is -2.33. The highest BCUT2D eigenvalue weighted by molar-refractivity contribution is 5.79. The predicted molar refractivity (Wildman–Crippen MR) is 99.1 cm³/mol.